The third-order valence-corrected chi connectivity index (χ3v) is 13.8. The van der Waals surface area contributed by atoms with E-state index in [1.54, 1.807) is 7.11 Å². The van der Waals surface area contributed by atoms with Crippen LogP contribution in [0, 0.1) is 56.2 Å². The van der Waals surface area contributed by atoms with Gasteiger partial charge in [0.15, 0.2) is 0 Å². The van der Waals surface area contributed by atoms with Gasteiger partial charge in [0.05, 0.1) is 18.6 Å². The molecule has 5 rings (SSSR count). The van der Waals surface area contributed by atoms with Gasteiger partial charge in [-0.3, -0.25) is 4.79 Å². The first-order chi connectivity index (χ1) is 15.7. The van der Waals surface area contributed by atoms with E-state index in [9.17, 15) is 9.90 Å². The molecule has 0 heterocycles. The van der Waals surface area contributed by atoms with Crippen molar-refractivity contribution in [1.29, 1.82) is 0 Å². The van der Waals surface area contributed by atoms with Crippen LogP contribution in [0.25, 0.3) is 0 Å². The van der Waals surface area contributed by atoms with Crippen molar-refractivity contribution in [3.05, 3.63) is 0 Å². The van der Waals surface area contributed by atoms with Gasteiger partial charge in [0.25, 0.3) is 0 Å². The van der Waals surface area contributed by atoms with E-state index in [2.05, 4.69) is 48.5 Å². The Balaban J connectivity index is 1.54. The molecule has 0 aromatic rings. The smallest absolute Gasteiger partial charge is 0.312 e. The molecule has 0 spiro atoms. The summed E-state index contributed by atoms with van der Waals surface area (Å²) in [4.78, 5) is 13.4. The van der Waals surface area contributed by atoms with Gasteiger partial charge in [-0.25, -0.2) is 0 Å². The van der Waals surface area contributed by atoms with Crippen molar-refractivity contribution < 1.29 is 14.6 Å². The van der Waals surface area contributed by atoms with Gasteiger partial charge in [0.2, 0.25) is 0 Å². The van der Waals surface area contributed by atoms with Crippen LogP contribution < -0.4 is 0 Å². The molecular weight excluding hydrogens is 420 g/mol. The van der Waals surface area contributed by atoms with Crippen molar-refractivity contribution in [3.8, 4) is 0 Å². The summed E-state index contributed by atoms with van der Waals surface area (Å²) in [5.74, 6) is 2.47. The lowest BCUT2D eigenvalue weighted by Gasteiger charge is -2.73. The number of aliphatic hydroxyl groups is 1. The maximum Gasteiger partial charge on any atom is 0.312 e. The number of hydrogen-bond donors (Lipinski definition) is 1. The normalized spacial score (nSPS) is 53.5. The molecule has 0 aromatic carbocycles. The summed E-state index contributed by atoms with van der Waals surface area (Å²) in [6.45, 7) is 17.4. The van der Waals surface area contributed by atoms with Crippen molar-refractivity contribution in [3.63, 3.8) is 0 Å². The minimum Gasteiger partial charge on any atom is -0.469 e. The summed E-state index contributed by atoms with van der Waals surface area (Å²) in [5.41, 5.74) is 0.961. The number of aliphatic hydroxyl groups excluding tert-OH is 1. The summed E-state index contributed by atoms with van der Waals surface area (Å²) < 4.78 is 5.52. The van der Waals surface area contributed by atoms with Gasteiger partial charge in [-0.1, -0.05) is 48.5 Å². The summed E-state index contributed by atoms with van der Waals surface area (Å²) in [6, 6.07) is 0. The highest BCUT2D eigenvalue weighted by Gasteiger charge is 2.71. The number of hydrogen-bond acceptors (Lipinski definition) is 3. The van der Waals surface area contributed by atoms with Crippen molar-refractivity contribution in [2.45, 2.75) is 125 Å². The Hall–Kier alpha value is -0.570. The average molecular weight is 473 g/mol. The molecule has 0 saturated heterocycles. The van der Waals surface area contributed by atoms with Crippen LogP contribution in [0.1, 0.15) is 119 Å². The van der Waals surface area contributed by atoms with Crippen molar-refractivity contribution >= 4 is 5.97 Å². The van der Waals surface area contributed by atoms with Crippen LogP contribution in [-0.2, 0) is 9.53 Å². The first kappa shape index (κ1) is 25.1. The number of fused-ring (bicyclic) bond motifs is 7. The zero-order valence-corrected chi connectivity index (χ0v) is 23.4. The first-order valence-corrected chi connectivity index (χ1v) is 14.4. The van der Waals surface area contributed by atoms with E-state index < -0.39 is 0 Å². The van der Waals surface area contributed by atoms with Gasteiger partial charge >= 0.3 is 5.97 Å². The minimum atomic E-state index is -0.254. The highest BCUT2D eigenvalue weighted by atomic mass is 16.5. The first-order valence-electron chi connectivity index (χ1n) is 14.4. The van der Waals surface area contributed by atoms with Crippen LogP contribution in [0.15, 0.2) is 0 Å². The third-order valence-electron chi connectivity index (χ3n) is 13.8. The summed E-state index contributed by atoms with van der Waals surface area (Å²) >= 11 is 0. The average Bonchev–Trinajstić information content (AvgIpc) is 2.76. The molecule has 5 saturated carbocycles. The Morgan fingerprint density at radius 2 is 1.41 bits per heavy atom. The second-order valence-electron chi connectivity index (χ2n) is 15.7. The number of methoxy groups -OCH3 is 1. The van der Waals surface area contributed by atoms with Gasteiger partial charge in [0, 0.05) is 0 Å². The summed E-state index contributed by atoms with van der Waals surface area (Å²) in [7, 11) is 1.61. The molecule has 5 aliphatic rings. The minimum absolute atomic E-state index is 0.00603. The predicted octanol–water partition coefficient (Wildman–Crippen LogP) is 7.40. The van der Waals surface area contributed by atoms with E-state index in [1.165, 1.54) is 44.9 Å². The van der Waals surface area contributed by atoms with Crippen LogP contribution >= 0.6 is 0 Å². The quantitative estimate of drug-likeness (QED) is 0.404. The topological polar surface area (TPSA) is 46.5 Å². The van der Waals surface area contributed by atoms with E-state index >= 15 is 0 Å². The molecule has 0 aliphatic heterocycles. The van der Waals surface area contributed by atoms with Crippen LogP contribution in [0.2, 0.25) is 0 Å². The molecule has 0 unspecified atom stereocenters. The van der Waals surface area contributed by atoms with Gasteiger partial charge in [0.1, 0.15) is 0 Å². The second-order valence-corrected chi connectivity index (χ2v) is 15.7. The molecule has 0 amide bonds. The maximum atomic E-state index is 13.4. The molecule has 3 heteroatoms. The van der Waals surface area contributed by atoms with Gasteiger partial charge in [-0.2, -0.15) is 0 Å². The molecule has 194 valence electrons. The van der Waals surface area contributed by atoms with Crippen molar-refractivity contribution in [2.24, 2.45) is 56.2 Å². The van der Waals surface area contributed by atoms with Crippen molar-refractivity contribution in [2.75, 3.05) is 7.11 Å². The number of ether oxygens (including phenoxy) is 1. The molecular formula is C31H52O3. The molecule has 1 N–H and O–H groups in total. The molecule has 0 aromatic heterocycles. The molecule has 9 atom stereocenters. The van der Waals surface area contributed by atoms with E-state index in [0.717, 1.165) is 25.7 Å². The molecule has 0 radical (unpaired) electrons. The molecule has 5 aliphatic carbocycles. The van der Waals surface area contributed by atoms with E-state index in [-0.39, 0.29) is 28.3 Å². The molecule has 0 bridgehead atoms. The van der Waals surface area contributed by atoms with Gasteiger partial charge in [-0.15, -0.1) is 0 Å². The number of carbonyl (C=O) groups is 1. The van der Waals surface area contributed by atoms with E-state index in [0.29, 0.717) is 39.9 Å². The van der Waals surface area contributed by atoms with E-state index in [4.69, 9.17) is 4.74 Å². The predicted molar refractivity (Wildman–Crippen MR) is 137 cm³/mol. The highest BCUT2D eigenvalue weighted by Crippen LogP contribution is 2.77. The lowest BCUT2D eigenvalue weighted by molar-refractivity contribution is -0.255. The number of carbonyl (C=O) groups excluding carboxylic acids is 1. The monoisotopic (exact) mass is 472 g/mol. The Morgan fingerprint density at radius 1 is 0.735 bits per heavy atom. The van der Waals surface area contributed by atoms with Crippen LogP contribution in [0.3, 0.4) is 0 Å². The standard InChI is InChI=1S/C31H52O3/c1-26(2)15-17-31(25(33)34-8)18-16-29(6)20(21(31)19-26)9-10-23-28(5)13-12-24(32)27(3,4)22(28)11-14-30(23,29)7/h20-24,32H,9-19H2,1-8H3/t20-,21+,22+,23+,24+,28+,29-,30-,31+/m1/s1. The molecule has 3 nitrogen and oxygen atoms in total. The van der Waals surface area contributed by atoms with Crippen LogP contribution in [-0.4, -0.2) is 24.3 Å². The second kappa shape index (κ2) is 7.48. The fourth-order valence-electron chi connectivity index (χ4n) is 11.6. The van der Waals surface area contributed by atoms with Crippen LogP contribution in [0.4, 0.5) is 0 Å². The Morgan fingerprint density at radius 3 is 2.09 bits per heavy atom. The Kier molecular flexibility index (Phi) is 5.52. The zero-order valence-electron chi connectivity index (χ0n) is 23.4. The zero-order chi connectivity index (χ0) is 24.9. The van der Waals surface area contributed by atoms with Crippen LogP contribution in [0.5, 0.6) is 0 Å². The lowest BCUT2D eigenvalue weighted by Crippen LogP contribution is -2.67. The fraction of sp³-hybridized carbons (Fsp3) is 0.968. The summed E-state index contributed by atoms with van der Waals surface area (Å²) in [5, 5.41) is 10.9. The third kappa shape index (κ3) is 3.00. The Bertz CT molecular complexity index is 846. The highest BCUT2D eigenvalue weighted by molar-refractivity contribution is 5.77. The van der Waals surface area contributed by atoms with E-state index in [1.807, 2.05) is 0 Å². The number of esters is 1. The number of rotatable bonds is 1. The molecule has 5 fully saturated rings. The Labute approximate surface area is 209 Å². The maximum absolute atomic E-state index is 13.4. The lowest BCUT2D eigenvalue weighted by atomic mass is 9.31. The van der Waals surface area contributed by atoms with Crippen molar-refractivity contribution in [1.82, 2.24) is 0 Å². The fourth-order valence-corrected chi connectivity index (χ4v) is 11.6. The molecule has 34 heavy (non-hydrogen) atoms. The largest absolute Gasteiger partial charge is 0.469 e. The van der Waals surface area contributed by atoms with Gasteiger partial charge in [-0.05, 0) is 121 Å². The summed E-state index contributed by atoms with van der Waals surface area (Å²) in [6.07, 6.45) is 12.5. The SMILES string of the molecule is COC(=O)[C@]12CCC(C)(C)C[C@H]1[C@H]1CC[C@H]3[C@@]4(C)CC[C@H](O)C(C)(C)[C@@H]4CC[C@@]3(C)[C@]1(C)CC2. The van der Waals surface area contributed by atoms with Gasteiger partial charge < -0.3 is 9.84 Å².